The zero-order valence-electron chi connectivity index (χ0n) is 39.8. The first-order valence-electron chi connectivity index (χ1n) is 23.8. The van der Waals surface area contributed by atoms with E-state index in [1.165, 1.54) is 118 Å². The molecule has 1 aliphatic carbocycles. The van der Waals surface area contributed by atoms with Gasteiger partial charge in [-0.05, 0) is 96.5 Å². The van der Waals surface area contributed by atoms with Crippen molar-refractivity contribution in [1.82, 2.24) is 0 Å². The fraction of sp³-hybridized carbons (Fsp3) is 0.474. The highest BCUT2D eigenvalue weighted by atomic mass is 16.5. The van der Waals surface area contributed by atoms with Gasteiger partial charge < -0.3 is 28.4 Å². The number of hydrogen-bond acceptors (Lipinski definition) is 6. The van der Waals surface area contributed by atoms with E-state index in [0.29, 0.717) is 26.4 Å². The number of unbranched alkanes of at least 4 members (excludes halogenated alkanes) is 10. The minimum Gasteiger partial charge on any atom is -0.496 e. The number of fused-ring (bicyclic) bond motifs is 3. The number of ether oxygens (including phenoxy) is 6. The molecule has 0 aliphatic heterocycles. The van der Waals surface area contributed by atoms with Crippen molar-refractivity contribution < 1.29 is 28.4 Å². The summed E-state index contributed by atoms with van der Waals surface area (Å²) < 4.78 is 35.7. The first-order valence-corrected chi connectivity index (χ1v) is 23.8. The molecule has 5 aromatic rings. The van der Waals surface area contributed by atoms with Crippen molar-refractivity contribution in [1.29, 1.82) is 0 Å². The molecule has 0 amide bonds. The molecule has 6 nitrogen and oxygen atoms in total. The maximum absolute atomic E-state index is 6.37. The van der Waals surface area contributed by atoms with Gasteiger partial charge in [-0.2, -0.15) is 0 Å². The highest BCUT2D eigenvalue weighted by Crippen LogP contribution is 2.56. The Morgan fingerprint density at radius 1 is 0.381 bits per heavy atom. The second kappa shape index (κ2) is 23.8. The Morgan fingerprint density at radius 3 is 1.41 bits per heavy atom. The quantitative estimate of drug-likeness (QED) is 0.0491. The van der Waals surface area contributed by atoms with Gasteiger partial charge in [0.25, 0.3) is 0 Å². The molecule has 0 heterocycles. The molecule has 0 spiro atoms. The molecule has 0 fully saturated rings. The number of hydrogen-bond donors (Lipinski definition) is 0. The summed E-state index contributed by atoms with van der Waals surface area (Å²) in [4.78, 5) is 0. The summed E-state index contributed by atoms with van der Waals surface area (Å²) in [7, 11) is 6.87. The van der Waals surface area contributed by atoms with Crippen molar-refractivity contribution in [3.05, 3.63) is 107 Å². The molecular formula is C57H74O6. The maximum atomic E-state index is 6.37. The molecule has 1 aliphatic rings. The van der Waals surface area contributed by atoms with Crippen LogP contribution in [0.25, 0.3) is 44.5 Å². The van der Waals surface area contributed by atoms with Gasteiger partial charge in [0.1, 0.15) is 36.2 Å². The summed E-state index contributed by atoms with van der Waals surface area (Å²) >= 11 is 0. The second-order valence-electron chi connectivity index (χ2n) is 17.6. The average Bonchev–Trinajstić information content (AvgIpc) is 3.56. The topological polar surface area (TPSA) is 55.4 Å². The molecule has 6 heteroatoms. The maximum Gasteiger partial charge on any atom is 0.130 e. The summed E-state index contributed by atoms with van der Waals surface area (Å²) in [6.45, 7) is 10.8. The minimum atomic E-state index is -0.0326. The lowest BCUT2D eigenvalue weighted by atomic mass is 9.70. The summed E-state index contributed by atoms with van der Waals surface area (Å²) in [5.41, 5.74) is 14.3. The number of benzene rings is 5. The van der Waals surface area contributed by atoms with Crippen LogP contribution in [0.3, 0.4) is 0 Å². The Bertz CT molecular complexity index is 2210. The van der Waals surface area contributed by atoms with Crippen molar-refractivity contribution in [2.45, 2.75) is 123 Å². The van der Waals surface area contributed by atoms with Crippen LogP contribution in [0.2, 0.25) is 0 Å². The van der Waals surface area contributed by atoms with Crippen LogP contribution >= 0.6 is 0 Å². The third-order valence-corrected chi connectivity index (χ3v) is 13.1. The Labute approximate surface area is 379 Å². The Morgan fingerprint density at radius 2 is 0.841 bits per heavy atom. The van der Waals surface area contributed by atoms with Crippen molar-refractivity contribution in [3.8, 4) is 67.5 Å². The highest BCUT2D eigenvalue weighted by molar-refractivity contribution is 5.89. The molecule has 0 unspecified atom stereocenters. The number of aryl methyl sites for hydroxylation is 2. The van der Waals surface area contributed by atoms with E-state index in [4.69, 9.17) is 28.4 Å². The molecule has 0 bridgehead atoms. The van der Waals surface area contributed by atoms with Gasteiger partial charge in [0, 0.05) is 48.0 Å². The monoisotopic (exact) mass is 855 g/mol. The van der Waals surface area contributed by atoms with Crippen LogP contribution in [0.5, 0.6) is 23.0 Å². The van der Waals surface area contributed by atoms with Crippen LogP contribution in [0.15, 0.2) is 84.9 Å². The predicted molar refractivity (Wildman–Crippen MR) is 262 cm³/mol. The van der Waals surface area contributed by atoms with E-state index < -0.39 is 0 Å². The van der Waals surface area contributed by atoms with Gasteiger partial charge >= 0.3 is 0 Å². The Balaban J connectivity index is 1.47. The van der Waals surface area contributed by atoms with Crippen LogP contribution in [0.1, 0.15) is 126 Å². The van der Waals surface area contributed by atoms with Gasteiger partial charge in [-0.1, -0.05) is 144 Å². The largest absolute Gasteiger partial charge is 0.496 e. The summed E-state index contributed by atoms with van der Waals surface area (Å²) in [6.07, 6.45) is 17.9. The molecule has 338 valence electrons. The molecule has 63 heavy (non-hydrogen) atoms. The van der Waals surface area contributed by atoms with Gasteiger partial charge in [-0.3, -0.25) is 0 Å². The lowest BCUT2D eigenvalue weighted by Crippen LogP contribution is -2.25. The third kappa shape index (κ3) is 11.5. The normalized spacial score (nSPS) is 12.6. The van der Waals surface area contributed by atoms with Gasteiger partial charge in [-0.15, -0.1) is 0 Å². The standard InChI is InChI=1S/C57H74O6/c1-9-11-13-15-17-19-29-57(30-20-18-16-14-12-10-2)51-36-42(4)21-25-45(51)46-26-23-44(38-52(46)57)48-39-47(55(60-7)40-56(48)61-8)43-24-28-54(63-34-32-59-6)50(37-43)49-35-41(3)22-27-53(49)62-33-31-58-5/h21-28,35-40H,9-20,29-34H2,1-8H3. The van der Waals surface area contributed by atoms with Crippen molar-refractivity contribution in [3.63, 3.8) is 0 Å². The van der Waals surface area contributed by atoms with E-state index in [9.17, 15) is 0 Å². The van der Waals surface area contributed by atoms with E-state index in [2.05, 4.69) is 100 Å². The fourth-order valence-electron chi connectivity index (χ4n) is 9.69. The highest BCUT2D eigenvalue weighted by Gasteiger charge is 2.42. The predicted octanol–water partition coefficient (Wildman–Crippen LogP) is 15.1. The summed E-state index contributed by atoms with van der Waals surface area (Å²) in [6, 6.07) is 31.3. The fourth-order valence-corrected chi connectivity index (χ4v) is 9.69. The van der Waals surface area contributed by atoms with E-state index in [-0.39, 0.29) is 5.41 Å². The summed E-state index contributed by atoms with van der Waals surface area (Å²) in [5, 5.41) is 0. The van der Waals surface area contributed by atoms with Gasteiger partial charge in [0.15, 0.2) is 0 Å². The molecule has 0 aromatic heterocycles. The number of rotatable bonds is 27. The third-order valence-electron chi connectivity index (χ3n) is 13.1. The lowest BCUT2D eigenvalue weighted by molar-refractivity contribution is 0.145. The molecule has 0 atom stereocenters. The zero-order valence-corrected chi connectivity index (χ0v) is 39.8. The van der Waals surface area contributed by atoms with Gasteiger partial charge in [0.05, 0.1) is 27.4 Å². The van der Waals surface area contributed by atoms with Crippen molar-refractivity contribution in [2.75, 3.05) is 54.9 Å². The molecule has 6 rings (SSSR count). The molecule has 0 N–H and O–H groups in total. The molecular weight excluding hydrogens is 781 g/mol. The van der Waals surface area contributed by atoms with Crippen LogP contribution in [0, 0.1) is 13.8 Å². The summed E-state index contributed by atoms with van der Waals surface area (Å²) in [5.74, 6) is 3.05. The van der Waals surface area contributed by atoms with Crippen LogP contribution < -0.4 is 18.9 Å². The lowest BCUT2D eigenvalue weighted by Gasteiger charge is -2.33. The molecule has 0 radical (unpaired) electrons. The second-order valence-corrected chi connectivity index (χ2v) is 17.6. The van der Waals surface area contributed by atoms with E-state index in [1.807, 2.05) is 12.1 Å². The van der Waals surface area contributed by atoms with E-state index in [0.717, 1.165) is 61.9 Å². The molecule has 0 saturated carbocycles. The zero-order chi connectivity index (χ0) is 44.6. The van der Waals surface area contributed by atoms with Crippen LogP contribution in [-0.2, 0) is 14.9 Å². The van der Waals surface area contributed by atoms with Gasteiger partial charge in [0.2, 0.25) is 0 Å². The number of methoxy groups -OCH3 is 4. The SMILES string of the molecule is CCCCCCCCC1(CCCCCCCC)c2cc(C)ccc2-c2ccc(-c3cc(-c4ccc(OCCOC)c(-c5cc(C)ccc5OCCOC)c4)c(OC)cc3OC)cc21. The van der Waals surface area contributed by atoms with Crippen molar-refractivity contribution >= 4 is 0 Å². The Hall–Kier alpha value is -4.78. The van der Waals surface area contributed by atoms with Gasteiger partial charge in [-0.25, -0.2) is 0 Å². The van der Waals surface area contributed by atoms with Crippen LogP contribution in [-0.4, -0.2) is 54.9 Å². The Kier molecular flexibility index (Phi) is 18.0. The smallest absolute Gasteiger partial charge is 0.130 e. The minimum absolute atomic E-state index is 0.0326. The van der Waals surface area contributed by atoms with Crippen molar-refractivity contribution in [2.24, 2.45) is 0 Å². The first kappa shape index (κ1) is 47.7. The van der Waals surface area contributed by atoms with E-state index in [1.54, 1.807) is 28.4 Å². The van der Waals surface area contributed by atoms with E-state index >= 15 is 0 Å². The molecule has 0 saturated heterocycles. The molecule has 5 aromatic carbocycles. The average molecular weight is 855 g/mol. The first-order chi connectivity index (χ1) is 30.8. The van der Waals surface area contributed by atoms with Crippen LogP contribution in [0.4, 0.5) is 0 Å².